The first kappa shape index (κ1) is 15.8. The van der Waals surface area contributed by atoms with E-state index in [9.17, 15) is 9.59 Å². The molecule has 1 fully saturated rings. The van der Waals surface area contributed by atoms with Crippen LogP contribution in [-0.4, -0.2) is 52.4 Å². The number of rotatable bonds is 5. The van der Waals surface area contributed by atoms with E-state index >= 15 is 0 Å². The molecule has 0 radical (unpaired) electrons. The van der Waals surface area contributed by atoms with Crippen LogP contribution in [0.5, 0.6) is 0 Å². The summed E-state index contributed by atoms with van der Waals surface area (Å²) < 4.78 is 0. The molecular weight excluding hydrogens is 270 g/mol. The summed E-state index contributed by atoms with van der Waals surface area (Å²) in [6.45, 7) is 2.43. The van der Waals surface area contributed by atoms with Crippen molar-refractivity contribution in [2.24, 2.45) is 11.0 Å². The van der Waals surface area contributed by atoms with Crippen LogP contribution in [0.2, 0.25) is 0 Å². The van der Waals surface area contributed by atoms with E-state index in [0.29, 0.717) is 18.2 Å². The number of amides is 2. The molecule has 0 aromatic carbocycles. The predicted octanol–water partition coefficient (Wildman–Crippen LogP) is 2.54. The molecule has 1 unspecified atom stereocenters. The molecule has 0 bridgehead atoms. The Morgan fingerprint density at radius 1 is 1.43 bits per heavy atom. The second-order valence-corrected chi connectivity index (χ2v) is 6.15. The Balaban J connectivity index is 1.88. The van der Waals surface area contributed by atoms with Crippen molar-refractivity contribution in [3.63, 3.8) is 0 Å². The molecule has 0 aromatic heterocycles. The predicted molar refractivity (Wildman–Crippen MR) is 80.2 cm³/mol. The minimum atomic E-state index is -1.00. The largest absolute Gasteiger partial charge is 0.465 e. The fraction of sp³-hybridized carbons (Fsp3) is 0.800. The number of hydrogen-bond donors (Lipinski definition) is 1. The second-order valence-electron chi connectivity index (χ2n) is 6.15. The zero-order valence-corrected chi connectivity index (χ0v) is 12.9. The van der Waals surface area contributed by atoms with Crippen LogP contribution in [0.15, 0.2) is 5.10 Å². The van der Waals surface area contributed by atoms with Gasteiger partial charge in [0.2, 0.25) is 5.91 Å². The molecule has 6 heteroatoms. The standard InChI is InChI=1S/C15H25N3O3/c1-11(17(2)15(20)21)13-10-14(19)18(16-13)9-8-12-6-4-3-5-7-12/h11-12H,3-10H2,1-2H3,(H,20,21). The lowest BCUT2D eigenvalue weighted by Crippen LogP contribution is -2.39. The zero-order valence-electron chi connectivity index (χ0n) is 12.9. The van der Waals surface area contributed by atoms with Crippen LogP contribution >= 0.6 is 0 Å². The van der Waals surface area contributed by atoms with Gasteiger partial charge in [-0.2, -0.15) is 5.10 Å². The van der Waals surface area contributed by atoms with Crippen molar-refractivity contribution in [2.75, 3.05) is 13.6 Å². The summed E-state index contributed by atoms with van der Waals surface area (Å²) in [6.07, 6.45) is 6.70. The maximum Gasteiger partial charge on any atom is 0.407 e. The quantitative estimate of drug-likeness (QED) is 0.847. The van der Waals surface area contributed by atoms with Crippen molar-refractivity contribution < 1.29 is 14.7 Å². The van der Waals surface area contributed by atoms with Crippen molar-refractivity contribution in [2.45, 2.75) is 57.9 Å². The molecule has 2 rings (SSSR count). The minimum absolute atomic E-state index is 0.00792. The first-order valence-corrected chi connectivity index (χ1v) is 7.82. The molecule has 1 N–H and O–H groups in total. The van der Waals surface area contributed by atoms with Crippen LogP contribution in [0, 0.1) is 5.92 Å². The van der Waals surface area contributed by atoms with Gasteiger partial charge in [0.15, 0.2) is 0 Å². The van der Waals surface area contributed by atoms with Crippen LogP contribution in [0.25, 0.3) is 0 Å². The lowest BCUT2D eigenvalue weighted by molar-refractivity contribution is -0.128. The molecule has 1 aliphatic carbocycles. The Morgan fingerprint density at radius 3 is 2.71 bits per heavy atom. The molecule has 21 heavy (non-hydrogen) atoms. The highest BCUT2D eigenvalue weighted by Crippen LogP contribution is 2.27. The topological polar surface area (TPSA) is 73.2 Å². The first-order chi connectivity index (χ1) is 9.99. The van der Waals surface area contributed by atoms with Crippen molar-refractivity contribution in [1.82, 2.24) is 9.91 Å². The van der Waals surface area contributed by atoms with Crippen molar-refractivity contribution in [1.29, 1.82) is 0 Å². The van der Waals surface area contributed by atoms with E-state index in [-0.39, 0.29) is 18.4 Å². The lowest BCUT2D eigenvalue weighted by Gasteiger charge is -2.23. The van der Waals surface area contributed by atoms with Gasteiger partial charge in [-0.05, 0) is 19.3 Å². The molecular formula is C15H25N3O3. The van der Waals surface area contributed by atoms with E-state index in [2.05, 4.69) is 5.10 Å². The lowest BCUT2D eigenvalue weighted by atomic mass is 9.87. The van der Waals surface area contributed by atoms with Gasteiger partial charge in [-0.1, -0.05) is 32.1 Å². The molecule has 2 aliphatic rings. The smallest absolute Gasteiger partial charge is 0.407 e. The van der Waals surface area contributed by atoms with Gasteiger partial charge in [0.1, 0.15) is 0 Å². The summed E-state index contributed by atoms with van der Waals surface area (Å²) in [5, 5.41) is 14.9. The number of nitrogens with zero attached hydrogens (tertiary/aromatic N) is 3. The SMILES string of the molecule is CC(C1=NN(CCC2CCCCC2)C(=O)C1)N(C)C(=O)O. The number of carbonyl (C=O) groups is 2. The zero-order chi connectivity index (χ0) is 15.4. The number of hydrogen-bond acceptors (Lipinski definition) is 3. The van der Waals surface area contributed by atoms with Gasteiger partial charge in [-0.25, -0.2) is 9.80 Å². The molecule has 1 aliphatic heterocycles. The first-order valence-electron chi connectivity index (χ1n) is 7.82. The Bertz CT molecular complexity index is 430. The monoisotopic (exact) mass is 295 g/mol. The second kappa shape index (κ2) is 6.91. The maximum atomic E-state index is 12.0. The molecule has 1 heterocycles. The van der Waals surface area contributed by atoms with E-state index < -0.39 is 6.09 Å². The summed E-state index contributed by atoms with van der Waals surface area (Å²) in [5.74, 6) is 0.705. The molecule has 118 valence electrons. The van der Waals surface area contributed by atoms with E-state index in [0.717, 1.165) is 6.42 Å². The average molecular weight is 295 g/mol. The molecule has 1 saturated carbocycles. The van der Waals surface area contributed by atoms with Gasteiger partial charge >= 0.3 is 6.09 Å². The number of carbonyl (C=O) groups excluding carboxylic acids is 1. The summed E-state index contributed by atoms with van der Waals surface area (Å²) in [7, 11) is 1.50. The van der Waals surface area contributed by atoms with Crippen LogP contribution in [-0.2, 0) is 4.79 Å². The van der Waals surface area contributed by atoms with Crippen molar-refractivity contribution >= 4 is 17.7 Å². The molecule has 0 spiro atoms. The van der Waals surface area contributed by atoms with Crippen molar-refractivity contribution in [3.8, 4) is 0 Å². The van der Waals surface area contributed by atoms with Crippen LogP contribution in [0.4, 0.5) is 4.79 Å². The molecule has 1 atom stereocenters. The van der Waals surface area contributed by atoms with Gasteiger partial charge in [-0.15, -0.1) is 0 Å². The molecule has 6 nitrogen and oxygen atoms in total. The van der Waals surface area contributed by atoms with Gasteiger partial charge in [0, 0.05) is 13.6 Å². The molecule has 0 saturated heterocycles. The Hall–Kier alpha value is -1.59. The van der Waals surface area contributed by atoms with Crippen LogP contribution in [0.1, 0.15) is 51.9 Å². The summed E-state index contributed by atoms with van der Waals surface area (Å²) >= 11 is 0. The average Bonchev–Trinajstić information content (AvgIpc) is 2.85. The highest BCUT2D eigenvalue weighted by Gasteiger charge is 2.30. The normalized spacial score (nSPS) is 21.3. The van der Waals surface area contributed by atoms with E-state index in [1.54, 1.807) is 6.92 Å². The third-order valence-corrected chi connectivity index (χ3v) is 4.71. The molecule has 2 amide bonds. The number of carboxylic acid groups (broad SMARTS) is 1. The van der Waals surface area contributed by atoms with Crippen LogP contribution < -0.4 is 0 Å². The Morgan fingerprint density at radius 2 is 2.10 bits per heavy atom. The fourth-order valence-corrected chi connectivity index (χ4v) is 3.07. The maximum absolute atomic E-state index is 12.0. The Kier molecular flexibility index (Phi) is 5.20. The van der Waals surface area contributed by atoms with Gasteiger partial charge in [-0.3, -0.25) is 4.79 Å². The Labute approximate surface area is 125 Å². The summed E-state index contributed by atoms with van der Waals surface area (Å²) in [6, 6.07) is -0.355. The van der Waals surface area contributed by atoms with Crippen LogP contribution in [0.3, 0.4) is 0 Å². The summed E-state index contributed by atoms with van der Waals surface area (Å²) in [5.41, 5.74) is 0.647. The third-order valence-electron chi connectivity index (χ3n) is 4.71. The highest BCUT2D eigenvalue weighted by molar-refractivity contribution is 6.07. The van der Waals surface area contributed by atoms with E-state index in [4.69, 9.17) is 5.11 Å². The summed E-state index contributed by atoms with van der Waals surface area (Å²) in [4.78, 5) is 24.2. The van der Waals surface area contributed by atoms with E-state index in [1.165, 1.54) is 49.1 Å². The fourth-order valence-electron chi connectivity index (χ4n) is 3.07. The minimum Gasteiger partial charge on any atom is -0.465 e. The van der Waals surface area contributed by atoms with Gasteiger partial charge in [0.05, 0.1) is 18.2 Å². The van der Waals surface area contributed by atoms with E-state index in [1.807, 2.05) is 0 Å². The third kappa shape index (κ3) is 3.95. The van der Waals surface area contributed by atoms with Gasteiger partial charge in [0.25, 0.3) is 0 Å². The van der Waals surface area contributed by atoms with Gasteiger partial charge < -0.3 is 10.0 Å². The van der Waals surface area contributed by atoms with Crippen molar-refractivity contribution in [3.05, 3.63) is 0 Å². The molecule has 0 aromatic rings. The highest BCUT2D eigenvalue weighted by atomic mass is 16.4. The number of hydrazone groups is 1.